The highest BCUT2D eigenvalue weighted by Crippen LogP contribution is 2.37. The summed E-state index contributed by atoms with van der Waals surface area (Å²) in [6, 6.07) is 2.26. The maximum absolute atomic E-state index is 13.4. The summed E-state index contributed by atoms with van der Waals surface area (Å²) in [5.74, 6) is -1.83. The van der Waals surface area contributed by atoms with E-state index in [4.69, 9.17) is 0 Å². The summed E-state index contributed by atoms with van der Waals surface area (Å²) in [4.78, 5) is 12.0. The third kappa shape index (κ3) is 3.47. The van der Waals surface area contributed by atoms with Crippen molar-refractivity contribution in [1.82, 2.24) is 5.32 Å². The van der Waals surface area contributed by atoms with Crippen molar-refractivity contribution < 1.29 is 30.8 Å². The van der Waals surface area contributed by atoms with Crippen LogP contribution in [0.25, 0.3) is 0 Å². The van der Waals surface area contributed by atoms with E-state index in [1.54, 1.807) is 0 Å². The minimum atomic E-state index is -5.70. The molecule has 1 aliphatic rings. The fourth-order valence-corrected chi connectivity index (χ4v) is 3.69. The number of alkyl halides is 3. The Morgan fingerprint density at radius 1 is 1.33 bits per heavy atom. The minimum absolute atomic E-state index is 0.0612. The highest BCUT2D eigenvalue weighted by molar-refractivity contribution is 7.92. The van der Waals surface area contributed by atoms with Gasteiger partial charge in [0.05, 0.1) is 11.6 Å². The van der Waals surface area contributed by atoms with Gasteiger partial charge in [0.2, 0.25) is 5.91 Å². The van der Waals surface area contributed by atoms with Crippen LogP contribution in [-0.2, 0) is 14.6 Å². The van der Waals surface area contributed by atoms with Crippen LogP contribution in [0.3, 0.4) is 0 Å². The molecular formula is C14H16F4N2O3S. The van der Waals surface area contributed by atoms with Gasteiger partial charge in [-0.3, -0.25) is 4.79 Å². The number of piperidine rings is 1. The molecule has 1 aliphatic heterocycles. The summed E-state index contributed by atoms with van der Waals surface area (Å²) < 4.78 is 75.5. The second-order valence-electron chi connectivity index (χ2n) is 5.46. The van der Waals surface area contributed by atoms with Crippen LogP contribution in [0.1, 0.15) is 12.8 Å². The summed E-state index contributed by atoms with van der Waals surface area (Å²) in [6.07, 6.45) is 1.04. The smallest absolute Gasteiger partial charge is 0.370 e. The molecule has 1 saturated heterocycles. The molecule has 2 rings (SSSR count). The van der Waals surface area contributed by atoms with E-state index < -0.39 is 32.0 Å². The van der Waals surface area contributed by atoms with E-state index >= 15 is 0 Å². The van der Waals surface area contributed by atoms with Gasteiger partial charge in [0.25, 0.3) is 9.84 Å². The van der Waals surface area contributed by atoms with Crippen LogP contribution in [-0.4, -0.2) is 40.0 Å². The summed E-state index contributed by atoms with van der Waals surface area (Å²) in [6.45, 7) is 0.338. The number of nitrogens with zero attached hydrogens (tertiary/aromatic N) is 1. The Balaban J connectivity index is 2.46. The Morgan fingerprint density at radius 2 is 2.00 bits per heavy atom. The largest absolute Gasteiger partial charge is 0.501 e. The molecule has 0 radical (unpaired) electrons. The van der Waals surface area contributed by atoms with Crippen molar-refractivity contribution in [3.8, 4) is 0 Å². The number of nitrogens with one attached hydrogen (secondary N) is 1. The molecule has 1 heterocycles. The Hall–Kier alpha value is -1.84. The van der Waals surface area contributed by atoms with E-state index in [9.17, 15) is 30.8 Å². The van der Waals surface area contributed by atoms with E-state index in [2.05, 4.69) is 5.32 Å². The topological polar surface area (TPSA) is 66.5 Å². The predicted molar refractivity (Wildman–Crippen MR) is 78.6 cm³/mol. The van der Waals surface area contributed by atoms with Crippen molar-refractivity contribution in [1.29, 1.82) is 0 Å². The first-order chi connectivity index (χ1) is 11.1. The first kappa shape index (κ1) is 18.5. The number of benzene rings is 1. The fraction of sp³-hybridized carbons (Fsp3) is 0.500. The molecule has 1 aromatic rings. The number of amides is 1. The molecule has 1 aromatic carbocycles. The Labute approximate surface area is 136 Å². The van der Waals surface area contributed by atoms with E-state index in [-0.39, 0.29) is 24.7 Å². The van der Waals surface area contributed by atoms with Crippen LogP contribution < -0.4 is 10.2 Å². The number of hydrogen-bond acceptors (Lipinski definition) is 4. The number of sulfone groups is 1. The molecule has 5 nitrogen and oxygen atoms in total. The van der Waals surface area contributed by atoms with Gasteiger partial charge >= 0.3 is 5.51 Å². The van der Waals surface area contributed by atoms with Crippen molar-refractivity contribution in [2.75, 3.05) is 25.0 Å². The lowest BCUT2D eigenvalue weighted by Gasteiger charge is -2.34. The maximum atomic E-state index is 13.4. The molecule has 134 valence electrons. The molecule has 0 aliphatic carbocycles. The van der Waals surface area contributed by atoms with Crippen molar-refractivity contribution in [3.05, 3.63) is 24.0 Å². The highest BCUT2D eigenvalue weighted by atomic mass is 32.2. The third-order valence-electron chi connectivity index (χ3n) is 3.90. The highest BCUT2D eigenvalue weighted by Gasteiger charge is 2.48. The van der Waals surface area contributed by atoms with Crippen molar-refractivity contribution in [2.45, 2.75) is 23.2 Å². The number of hydrogen-bond donors (Lipinski definition) is 1. The van der Waals surface area contributed by atoms with Crippen molar-refractivity contribution in [2.24, 2.45) is 5.92 Å². The van der Waals surface area contributed by atoms with Gasteiger partial charge in [0, 0.05) is 20.1 Å². The summed E-state index contributed by atoms with van der Waals surface area (Å²) in [5.41, 5.74) is -5.78. The van der Waals surface area contributed by atoms with Crippen LogP contribution in [0, 0.1) is 11.7 Å². The molecule has 0 saturated carbocycles. The van der Waals surface area contributed by atoms with Gasteiger partial charge in [-0.15, -0.1) is 0 Å². The molecule has 0 aromatic heterocycles. The van der Waals surface area contributed by atoms with Crippen LogP contribution in [0.2, 0.25) is 0 Å². The zero-order chi connectivity index (χ0) is 18.1. The second-order valence-corrected chi connectivity index (χ2v) is 7.37. The van der Waals surface area contributed by atoms with Gasteiger partial charge in [0.15, 0.2) is 0 Å². The van der Waals surface area contributed by atoms with Gasteiger partial charge in [-0.05, 0) is 31.0 Å². The Bertz CT molecular complexity index is 734. The number of carbonyl (C=O) groups is 1. The quantitative estimate of drug-likeness (QED) is 0.830. The van der Waals surface area contributed by atoms with E-state index in [1.807, 2.05) is 0 Å². The predicted octanol–water partition coefficient (Wildman–Crippen LogP) is 2.08. The molecule has 1 atom stereocenters. The minimum Gasteiger partial charge on any atom is -0.370 e. The zero-order valence-electron chi connectivity index (χ0n) is 12.7. The normalized spacial score (nSPS) is 19.2. The molecule has 1 N–H and O–H groups in total. The van der Waals surface area contributed by atoms with Crippen LogP contribution in [0.5, 0.6) is 0 Å². The molecule has 10 heteroatoms. The standard InChI is InChI=1S/C14H16F4N2O3S/c1-19-13(21)9-3-2-6-20(8-9)11-5-4-10(15)7-12(11)24(22,23)14(16,17)18/h4-5,7,9H,2-3,6,8H2,1H3,(H,19,21)/t9-/m1/s1. The number of halogens is 4. The number of anilines is 1. The van der Waals surface area contributed by atoms with E-state index in [0.29, 0.717) is 18.9 Å². The summed E-state index contributed by atoms with van der Waals surface area (Å²) in [5, 5.41) is 2.46. The van der Waals surface area contributed by atoms with Crippen LogP contribution in [0.15, 0.2) is 23.1 Å². The number of carbonyl (C=O) groups excluding carboxylic acids is 1. The molecule has 1 amide bonds. The van der Waals surface area contributed by atoms with E-state index in [1.165, 1.54) is 11.9 Å². The lowest BCUT2D eigenvalue weighted by molar-refractivity contribution is -0.124. The van der Waals surface area contributed by atoms with Crippen LogP contribution in [0.4, 0.5) is 23.2 Å². The number of rotatable bonds is 3. The summed E-state index contributed by atoms with van der Waals surface area (Å²) in [7, 11) is -4.26. The molecular weight excluding hydrogens is 352 g/mol. The first-order valence-corrected chi connectivity index (χ1v) is 8.63. The zero-order valence-corrected chi connectivity index (χ0v) is 13.5. The van der Waals surface area contributed by atoms with Gasteiger partial charge in [0.1, 0.15) is 10.7 Å². The van der Waals surface area contributed by atoms with Gasteiger partial charge in [-0.1, -0.05) is 0 Å². The second kappa shape index (κ2) is 6.58. The average molecular weight is 368 g/mol. The molecule has 0 bridgehead atoms. The van der Waals surface area contributed by atoms with Gasteiger partial charge in [-0.25, -0.2) is 12.8 Å². The molecule has 24 heavy (non-hydrogen) atoms. The van der Waals surface area contributed by atoms with Gasteiger partial charge in [-0.2, -0.15) is 13.2 Å². The fourth-order valence-electron chi connectivity index (χ4n) is 2.70. The Kier molecular flexibility index (Phi) is 5.07. The lowest BCUT2D eigenvalue weighted by Crippen LogP contribution is -2.43. The van der Waals surface area contributed by atoms with Crippen molar-refractivity contribution >= 4 is 21.4 Å². The van der Waals surface area contributed by atoms with Gasteiger partial charge < -0.3 is 10.2 Å². The monoisotopic (exact) mass is 368 g/mol. The molecule has 0 spiro atoms. The SMILES string of the molecule is CNC(=O)[C@@H]1CCCN(c2ccc(F)cc2S(=O)(=O)C(F)(F)F)C1. The van der Waals surface area contributed by atoms with Crippen LogP contribution >= 0.6 is 0 Å². The third-order valence-corrected chi connectivity index (χ3v) is 5.41. The van der Waals surface area contributed by atoms with E-state index in [0.717, 1.165) is 12.1 Å². The lowest BCUT2D eigenvalue weighted by atomic mass is 9.96. The Morgan fingerprint density at radius 3 is 2.58 bits per heavy atom. The molecule has 0 unspecified atom stereocenters. The molecule has 1 fully saturated rings. The maximum Gasteiger partial charge on any atom is 0.501 e. The van der Waals surface area contributed by atoms with Crippen molar-refractivity contribution in [3.63, 3.8) is 0 Å². The average Bonchev–Trinajstić information content (AvgIpc) is 2.53. The first-order valence-electron chi connectivity index (χ1n) is 7.15. The summed E-state index contributed by atoms with van der Waals surface area (Å²) >= 11 is 0.